The fraction of sp³-hybridized carbons (Fsp3) is 0.462. The molecule has 0 aliphatic carbocycles. The third-order valence-electron chi connectivity index (χ3n) is 3.08. The number of rotatable bonds is 3. The minimum Gasteiger partial charge on any atom is -0.317 e. The third-order valence-corrected chi connectivity index (χ3v) is 3.88. The smallest absolute Gasteiger partial charge is 0.167 e. The number of Topliss-reactive ketones (excluding diaryl/α,β-unsaturated/α-hetero) is 1. The molecule has 0 amide bonds. The van der Waals surface area contributed by atoms with Crippen LogP contribution in [0, 0.1) is 5.92 Å². The number of carbonyl (C=O) groups is 1. The summed E-state index contributed by atoms with van der Waals surface area (Å²) in [5, 5.41) is 3.29. The Morgan fingerprint density at radius 3 is 2.69 bits per heavy atom. The molecular weight excluding hydrogens is 218 g/mol. The molecule has 1 aliphatic heterocycles. The van der Waals surface area contributed by atoms with Gasteiger partial charge >= 0.3 is 0 Å². The number of piperidine rings is 1. The zero-order chi connectivity index (χ0) is 11.4. The van der Waals surface area contributed by atoms with E-state index in [1.54, 1.807) is 11.8 Å². The van der Waals surface area contributed by atoms with E-state index in [1.165, 1.54) is 0 Å². The van der Waals surface area contributed by atoms with Crippen molar-refractivity contribution in [2.75, 3.05) is 19.3 Å². The van der Waals surface area contributed by atoms with Crippen molar-refractivity contribution in [3.63, 3.8) is 0 Å². The minimum absolute atomic E-state index is 0.217. The summed E-state index contributed by atoms with van der Waals surface area (Å²) in [5.74, 6) is 0.543. The minimum atomic E-state index is 0.217. The topological polar surface area (TPSA) is 29.1 Å². The lowest BCUT2D eigenvalue weighted by Crippen LogP contribution is -2.32. The standard InChI is InChI=1S/C13H17NOS/c1-16-12-5-3-2-4-11(12)13(15)10-6-8-14-9-7-10/h2-5,10,14H,6-9H2,1H3. The van der Waals surface area contributed by atoms with Crippen molar-refractivity contribution in [3.05, 3.63) is 29.8 Å². The molecule has 1 fully saturated rings. The van der Waals surface area contributed by atoms with E-state index in [9.17, 15) is 4.79 Å². The molecule has 1 aromatic carbocycles. The first kappa shape index (κ1) is 11.7. The Morgan fingerprint density at radius 1 is 1.31 bits per heavy atom. The van der Waals surface area contributed by atoms with Gasteiger partial charge in [0, 0.05) is 16.4 Å². The van der Waals surface area contributed by atoms with Gasteiger partial charge in [-0.3, -0.25) is 4.79 Å². The van der Waals surface area contributed by atoms with Crippen LogP contribution < -0.4 is 5.32 Å². The number of nitrogens with one attached hydrogen (secondary N) is 1. The molecule has 0 aromatic heterocycles. The molecule has 16 heavy (non-hydrogen) atoms. The van der Waals surface area contributed by atoms with Crippen LogP contribution >= 0.6 is 11.8 Å². The van der Waals surface area contributed by atoms with Crippen molar-refractivity contribution in [1.82, 2.24) is 5.32 Å². The molecule has 0 radical (unpaired) electrons. The molecule has 3 heteroatoms. The van der Waals surface area contributed by atoms with Crippen molar-refractivity contribution >= 4 is 17.5 Å². The van der Waals surface area contributed by atoms with Crippen molar-refractivity contribution in [3.8, 4) is 0 Å². The number of benzene rings is 1. The Hall–Kier alpha value is -0.800. The number of carbonyl (C=O) groups excluding carboxylic acids is 1. The molecule has 1 aromatic rings. The predicted octanol–water partition coefficient (Wildman–Crippen LogP) is 2.59. The molecule has 2 nitrogen and oxygen atoms in total. The van der Waals surface area contributed by atoms with Gasteiger partial charge in [0.1, 0.15) is 0 Å². The normalized spacial score (nSPS) is 17.3. The average molecular weight is 235 g/mol. The van der Waals surface area contributed by atoms with E-state index in [1.807, 2.05) is 30.5 Å². The molecule has 1 saturated heterocycles. The van der Waals surface area contributed by atoms with Crippen molar-refractivity contribution < 1.29 is 4.79 Å². The van der Waals surface area contributed by atoms with Gasteiger partial charge in [-0.1, -0.05) is 18.2 Å². The summed E-state index contributed by atoms with van der Waals surface area (Å²) < 4.78 is 0. The highest BCUT2D eigenvalue weighted by Gasteiger charge is 2.23. The SMILES string of the molecule is CSc1ccccc1C(=O)C1CCNCC1. The van der Waals surface area contributed by atoms with Gasteiger partial charge in [0.05, 0.1) is 0 Å². The molecule has 0 spiro atoms. The van der Waals surface area contributed by atoms with Crippen LogP contribution in [-0.2, 0) is 0 Å². The molecule has 1 N–H and O–H groups in total. The highest BCUT2D eigenvalue weighted by molar-refractivity contribution is 7.98. The Bertz CT molecular complexity index is 372. The Kier molecular flexibility index (Phi) is 4.02. The van der Waals surface area contributed by atoms with Crippen LogP contribution in [0.5, 0.6) is 0 Å². The lowest BCUT2D eigenvalue weighted by Gasteiger charge is -2.22. The largest absolute Gasteiger partial charge is 0.317 e. The fourth-order valence-corrected chi connectivity index (χ4v) is 2.76. The summed E-state index contributed by atoms with van der Waals surface area (Å²) in [5.41, 5.74) is 0.905. The first-order chi connectivity index (χ1) is 7.83. The molecule has 2 rings (SSSR count). The number of hydrogen-bond acceptors (Lipinski definition) is 3. The summed E-state index contributed by atoms with van der Waals surface area (Å²) in [7, 11) is 0. The van der Waals surface area contributed by atoms with E-state index in [4.69, 9.17) is 0 Å². The zero-order valence-electron chi connectivity index (χ0n) is 9.53. The molecule has 1 aliphatic rings. The van der Waals surface area contributed by atoms with Crippen LogP contribution in [-0.4, -0.2) is 25.1 Å². The van der Waals surface area contributed by atoms with Crippen molar-refractivity contribution in [2.45, 2.75) is 17.7 Å². The monoisotopic (exact) mass is 235 g/mol. The molecule has 1 heterocycles. The zero-order valence-corrected chi connectivity index (χ0v) is 10.3. The van der Waals surface area contributed by atoms with Gasteiger partial charge in [-0.05, 0) is 38.3 Å². The first-order valence-electron chi connectivity index (χ1n) is 5.71. The van der Waals surface area contributed by atoms with E-state index in [2.05, 4.69) is 5.32 Å². The van der Waals surface area contributed by atoms with Gasteiger partial charge in [0.25, 0.3) is 0 Å². The Labute approximate surface area is 101 Å². The average Bonchev–Trinajstić information content (AvgIpc) is 2.39. The van der Waals surface area contributed by atoms with Crippen molar-refractivity contribution in [1.29, 1.82) is 0 Å². The quantitative estimate of drug-likeness (QED) is 0.645. The maximum atomic E-state index is 12.3. The molecule has 0 unspecified atom stereocenters. The van der Waals surface area contributed by atoms with Gasteiger partial charge in [0.2, 0.25) is 0 Å². The summed E-state index contributed by atoms with van der Waals surface area (Å²) in [4.78, 5) is 13.4. The maximum Gasteiger partial charge on any atom is 0.167 e. The van der Waals surface area contributed by atoms with E-state index in [0.29, 0.717) is 5.78 Å². The molecular formula is C13H17NOS. The second kappa shape index (κ2) is 5.51. The van der Waals surface area contributed by atoms with Crippen LogP contribution in [0.2, 0.25) is 0 Å². The van der Waals surface area contributed by atoms with Crippen LogP contribution in [0.15, 0.2) is 29.2 Å². The second-order valence-corrected chi connectivity index (χ2v) is 4.94. The van der Waals surface area contributed by atoms with E-state index >= 15 is 0 Å². The lowest BCUT2D eigenvalue weighted by atomic mass is 9.90. The molecule has 86 valence electrons. The van der Waals surface area contributed by atoms with Gasteiger partial charge in [0.15, 0.2) is 5.78 Å². The number of ketones is 1. The van der Waals surface area contributed by atoms with E-state index < -0.39 is 0 Å². The first-order valence-corrected chi connectivity index (χ1v) is 6.93. The van der Waals surface area contributed by atoms with Crippen LogP contribution in [0.4, 0.5) is 0 Å². The highest BCUT2D eigenvalue weighted by atomic mass is 32.2. The van der Waals surface area contributed by atoms with E-state index in [-0.39, 0.29) is 5.92 Å². The Balaban J connectivity index is 2.19. The summed E-state index contributed by atoms with van der Waals surface area (Å²) in [6, 6.07) is 7.92. The maximum absolute atomic E-state index is 12.3. The van der Waals surface area contributed by atoms with Crippen LogP contribution in [0.3, 0.4) is 0 Å². The summed E-state index contributed by atoms with van der Waals surface area (Å²) >= 11 is 1.65. The summed E-state index contributed by atoms with van der Waals surface area (Å²) in [6.07, 6.45) is 3.97. The molecule has 0 atom stereocenters. The number of thioether (sulfide) groups is 1. The fourth-order valence-electron chi connectivity index (χ4n) is 2.15. The highest BCUT2D eigenvalue weighted by Crippen LogP contribution is 2.25. The Morgan fingerprint density at radius 2 is 2.00 bits per heavy atom. The van der Waals surface area contributed by atoms with Crippen LogP contribution in [0.25, 0.3) is 0 Å². The van der Waals surface area contributed by atoms with Gasteiger partial charge < -0.3 is 5.32 Å². The van der Waals surface area contributed by atoms with Gasteiger partial charge in [-0.2, -0.15) is 0 Å². The summed E-state index contributed by atoms with van der Waals surface area (Å²) in [6.45, 7) is 1.94. The molecule has 0 saturated carbocycles. The second-order valence-electron chi connectivity index (χ2n) is 4.09. The van der Waals surface area contributed by atoms with Crippen molar-refractivity contribution in [2.24, 2.45) is 5.92 Å². The van der Waals surface area contributed by atoms with E-state index in [0.717, 1.165) is 36.4 Å². The third kappa shape index (κ3) is 2.47. The lowest BCUT2D eigenvalue weighted by molar-refractivity contribution is 0.0892. The predicted molar refractivity (Wildman–Crippen MR) is 68.1 cm³/mol. The van der Waals surface area contributed by atoms with Gasteiger partial charge in [-0.15, -0.1) is 11.8 Å². The van der Waals surface area contributed by atoms with Gasteiger partial charge in [-0.25, -0.2) is 0 Å². The number of hydrogen-bond donors (Lipinski definition) is 1. The molecule has 0 bridgehead atoms. The van der Waals surface area contributed by atoms with Crippen LogP contribution in [0.1, 0.15) is 23.2 Å².